The minimum Gasteiger partial charge on any atom is -0.480 e. The molecule has 8 heteroatoms. The third-order valence-corrected chi connectivity index (χ3v) is 5.31. The predicted octanol–water partition coefficient (Wildman–Crippen LogP) is 2.60. The number of halogens is 2. The number of carboxylic acid groups (broad SMARTS) is 1. The molecule has 1 rings (SSSR count). The fourth-order valence-corrected chi connectivity index (χ4v) is 4.48. The lowest BCUT2D eigenvalue weighted by molar-refractivity contribution is -0.140. The van der Waals surface area contributed by atoms with Crippen LogP contribution >= 0.6 is 31.9 Å². The van der Waals surface area contributed by atoms with Gasteiger partial charge in [0.15, 0.2) is 0 Å². The lowest BCUT2D eigenvalue weighted by atomic mass is 10.1. The van der Waals surface area contributed by atoms with E-state index in [9.17, 15) is 13.2 Å². The van der Waals surface area contributed by atoms with E-state index < -0.39 is 22.0 Å². The van der Waals surface area contributed by atoms with Gasteiger partial charge in [-0.1, -0.05) is 29.8 Å². The third kappa shape index (κ3) is 4.27. The quantitative estimate of drug-likeness (QED) is 0.775. The van der Waals surface area contributed by atoms with Crippen LogP contribution < -0.4 is 4.72 Å². The van der Waals surface area contributed by atoms with Gasteiger partial charge in [-0.25, -0.2) is 8.42 Å². The summed E-state index contributed by atoms with van der Waals surface area (Å²) in [6.45, 7) is 3.27. The number of benzene rings is 1. The average Bonchev–Trinajstić information content (AvgIpc) is 2.24. The molecular formula is C11H13Br2NO4S. The number of hydrogen-bond donors (Lipinski definition) is 2. The number of hydrogen-bond acceptors (Lipinski definition) is 3. The number of sulfonamides is 1. The number of rotatable bonds is 5. The first-order chi connectivity index (χ1) is 8.65. The van der Waals surface area contributed by atoms with Gasteiger partial charge in [0.2, 0.25) is 10.0 Å². The van der Waals surface area contributed by atoms with Gasteiger partial charge >= 0.3 is 5.97 Å². The zero-order chi connectivity index (χ0) is 14.8. The Morgan fingerprint density at radius 2 is 1.89 bits per heavy atom. The maximum absolute atomic E-state index is 12.2. The number of aliphatic carboxylic acids is 1. The van der Waals surface area contributed by atoms with Crippen LogP contribution in [0.3, 0.4) is 0 Å². The van der Waals surface area contributed by atoms with E-state index in [1.54, 1.807) is 26.0 Å². The summed E-state index contributed by atoms with van der Waals surface area (Å²) in [4.78, 5) is 11.0. The van der Waals surface area contributed by atoms with Crippen LogP contribution in [0.2, 0.25) is 0 Å². The van der Waals surface area contributed by atoms with Gasteiger partial charge in [-0.15, -0.1) is 0 Å². The summed E-state index contributed by atoms with van der Waals surface area (Å²) in [6, 6.07) is 3.39. The van der Waals surface area contributed by atoms with Gasteiger partial charge in [-0.2, -0.15) is 4.72 Å². The predicted molar refractivity (Wildman–Crippen MR) is 78.4 cm³/mol. The first-order valence-electron chi connectivity index (χ1n) is 5.35. The summed E-state index contributed by atoms with van der Waals surface area (Å²) >= 11 is 6.37. The van der Waals surface area contributed by atoms with Crippen molar-refractivity contribution in [3.63, 3.8) is 0 Å². The van der Waals surface area contributed by atoms with Crippen LogP contribution in [0, 0.1) is 5.92 Å². The normalized spacial score (nSPS) is 13.5. The number of carbonyl (C=O) groups is 1. The van der Waals surface area contributed by atoms with Crippen molar-refractivity contribution in [2.45, 2.75) is 24.8 Å². The van der Waals surface area contributed by atoms with E-state index in [1.807, 2.05) is 0 Å². The molecule has 0 aliphatic carbocycles. The van der Waals surface area contributed by atoms with Gasteiger partial charge < -0.3 is 5.11 Å². The van der Waals surface area contributed by atoms with E-state index in [4.69, 9.17) is 5.11 Å². The molecule has 0 radical (unpaired) electrons. The summed E-state index contributed by atoms with van der Waals surface area (Å²) in [6.07, 6.45) is 0. The van der Waals surface area contributed by atoms with Crippen LogP contribution in [0.15, 0.2) is 32.0 Å². The second-order valence-corrected chi connectivity index (χ2v) is 7.71. The Morgan fingerprint density at radius 3 is 2.32 bits per heavy atom. The largest absolute Gasteiger partial charge is 0.480 e. The van der Waals surface area contributed by atoms with E-state index in [1.165, 1.54) is 6.07 Å². The molecule has 5 nitrogen and oxygen atoms in total. The Labute approximate surface area is 128 Å². The molecule has 106 valence electrons. The Balaban J connectivity index is 3.14. The molecule has 0 spiro atoms. The van der Waals surface area contributed by atoms with Crippen LogP contribution in [0.1, 0.15) is 13.8 Å². The highest BCUT2D eigenvalue weighted by atomic mass is 79.9. The maximum atomic E-state index is 12.2. The zero-order valence-corrected chi connectivity index (χ0v) is 14.2. The minimum atomic E-state index is -3.90. The Bertz CT molecular complexity index is 586. The Morgan fingerprint density at radius 1 is 1.32 bits per heavy atom. The van der Waals surface area contributed by atoms with E-state index in [0.717, 1.165) is 4.47 Å². The molecule has 19 heavy (non-hydrogen) atoms. The molecule has 1 aromatic carbocycles. The fraction of sp³-hybridized carbons (Fsp3) is 0.364. The summed E-state index contributed by atoms with van der Waals surface area (Å²) in [5, 5.41) is 9.02. The van der Waals surface area contributed by atoms with E-state index in [2.05, 4.69) is 36.6 Å². The van der Waals surface area contributed by atoms with Crippen molar-refractivity contribution in [1.82, 2.24) is 4.72 Å². The highest BCUT2D eigenvalue weighted by molar-refractivity contribution is 9.11. The number of carboxylic acids is 1. The van der Waals surface area contributed by atoms with Crippen molar-refractivity contribution < 1.29 is 18.3 Å². The standard InChI is InChI=1S/C11H13Br2NO4S/c1-6(2)10(11(15)16)14-19(17,18)9-4-3-7(12)5-8(9)13/h3-6,10,14H,1-2H3,(H,15,16)/t10-/m1/s1. The highest BCUT2D eigenvalue weighted by Gasteiger charge is 2.29. The molecule has 0 aromatic heterocycles. The van der Waals surface area contributed by atoms with Crippen molar-refractivity contribution in [3.05, 3.63) is 27.1 Å². The van der Waals surface area contributed by atoms with Crippen LogP contribution in [-0.2, 0) is 14.8 Å². The molecule has 0 fully saturated rings. The molecule has 0 heterocycles. The maximum Gasteiger partial charge on any atom is 0.322 e. The molecular weight excluding hydrogens is 402 g/mol. The van der Waals surface area contributed by atoms with Crippen LogP contribution in [-0.4, -0.2) is 25.5 Å². The topological polar surface area (TPSA) is 83.5 Å². The average molecular weight is 415 g/mol. The van der Waals surface area contributed by atoms with E-state index >= 15 is 0 Å². The number of nitrogens with one attached hydrogen (secondary N) is 1. The highest BCUT2D eigenvalue weighted by Crippen LogP contribution is 2.26. The summed E-state index contributed by atoms with van der Waals surface area (Å²) < 4.78 is 27.6. The van der Waals surface area contributed by atoms with Gasteiger partial charge in [0, 0.05) is 8.95 Å². The Kier molecular flexibility index (Phi) is 5.54. The second-order valence-electron chi connectivity index (χ2n) is 4.26. The molecule has 1 aromatic rings. The summed E-state index contributed by atoms with van der Waals surface area (Å²) in [7, 11) is -3.90. The molecule has 0 saturated carbocycles. The molecule has 0 aliphatic heterocycles. The van der Waals surface area contributed by atoms with Crippen molar-refractivity contribution in [2.75, 3.05) is 0 Å². The lowest BCUT2D eigenvalue weighted by Gasteiger charge is -2.18. The summed E-state index contributed by atoms with van der Waals surface area (Å²) in [5.41, 5.74) is 0. The molecule has 0 amide bonds. The SMILES string of the molecule is CC(C)[C@@H](NS(=O)(=O)c1ccc(Br)cc1Br)C(=O)O. The summed E-state index contributed by atoms with van der Waals surface area (Å²) in [5.74, 6) is -1.56. The van der Waals surface area contributed by atoms with Crippen LogP contribution in [0.25, 0.3) is 0 Å². The van der Waals surface area contributed by atoms with Gasteiger partial charge in [0.1, 0.15) is 6.04 Å². The molecule has 1 atom stereocenters. The minimum absolute atomic E-state index is 0.00241. The molecule has 0 saturated heterocycles. The first kappa shape index (κ1) is 16.6. The smallest absolute Gasteiger partial charge is 0.322 e. The van der Waals surface area contributed by atoms with Gasteiger partial charge in [-0.3, -0.25) is 4.79 Å². The first-order valence-corrected chi connectivity index (χ1v) is 8.42. The van der Waals surface area contributed by atoms with Crippen LogP contribution in [0.5, 0.6) is 0 Å². The van der Waals surface area contributed by atoms with Gasteiger partial charge in [-0.05, 0) is 40.0 Å². The molecule has 0 unspecified atom stereocenters. The van der Waals surface area contributed by atoms with Crippen molar-refractivity contribution in [1.29, 1.82) is 0 Å². The molecule has 0 aliphatic rings. The monoisotopic (exact) mass is 413 g/mol. The fourth-order valence-electron chi connectivity index (χ4n) is 1.40. The van der Waals surface area contributed by atoms with Crippen molar-refractivity contribution in [2.24, 2.45) is 5.92 Å². The third-order valence-electron chi connectivity index (χ3n) is 2.40. The molecule has 0 bridgehead atoms. The van der Waals surface area contributed by atoms with Gasteiger partial charge in [0.05, 0.1) is 4.90 Å². The van der Waals surface area contributed by atoms with Crippen LogP contribution in [0.4, 0.5) is 0 Å². The van der Waals surface area contributed by atoms with E-state index in [-0.39, 0.29) is 10.8 Å². The van der Waals surface area contributed by atoms with E-state index in [0.29, 0.717) is 4.47 Å². The molecule has 2 N–H and O–H groups in total. The van der Waals surface area contributed by atoms with Gasteiger partial charge in [0.25, 0.3) is 0 Å². The Hall–Kier alpha value is -0.440. The second kappa shape index (κ2) is 6.34. The van der Waals surface area contributed by atoms with Crippen molar-refractivity contribution in [3.8, 4) is 0 Å². The van der Waals surface area contributed by atoms with Crippen molar-refractivity contribution >= 4 is 47.9 Å². The lowest BCUT2D eigenvalue weighted by Crippen LogP contribution is -2.44. The zero-order valence-electron chi connectivity index (χ0n) is 10.2.